The van der Waals surface area contributed by atoms with Crippen LogP contribution in [0.5, 0.6) is 0 Å². The summed E-state index contributed by atoms with van der Waals surface area (Å²) in [5.74, 6) is -0.422. The lowest BCUT2D eigenvalue weighted by molar-refractivity contribution is 0.415. The van der Waals surface area contributed by atoms with E-state index in [1.165, 1.54) is 29.8 Å². The molecule has 132 valence electrons. The highest BCUT2D eigenvalue weighted by molar-refractivity contribution is 7.92. The third kappa shape index (κ3) is 2.36. The van der Waals surface area contributed by atoms with Crippen LogP contribution < -0.4 is 5.32 Å². The quantitative estimate of drug-likeness (QED) is 0.855. The van der Waals surface area contributed by atoms with Gasteiger partial charge in [-0.1, -0.05) is 25.1 Å². The van der Waals surface area contributed by atoms with Crippen LogP contribution in [0, 0.1) is 5.82 Å². The minimum Gasteiger partial charge on any atom is -0.312 e. The lowest BCUT2D eigenvalue weighted by Gasteiger charge is -2.40. The first-order chi connectivity index (χ1) is 12.0. The highest BCUT2D eigenvalue weighted by Crippen LogP contribution is 2.49. The zero-order valence-electron chi connectivity index (χ0n) is 14.3. The van der Waals surface area contributed by atoms with Gasteiger partial charge < -0.3 is 5.32 Å². The van der Waals surface area contributed by atoms with Gasteiger partial charge >= 0.3 is 0 Å². The third-order valence-corrected chi connectivity index (χ3v) is 8.35. The Labute approximate surface area is 148 Å². The van der Waals surface area contributed by atoms with Crippen LogP contribution in [0.3, 0.4) is 0 Å². The van der Waals surface area contributed by atoms with Crippen molar-refractivity contribution in [3.63, 3.8) is 0 Å². The molecule has 2 unspecified atom stereocenters. The van der Waals surface area contributed by atoms with Crippen LogP contribution in [0.4, 0.5) is 4.39 Å². The van der Waals surface area contributed by atoms with Crippen molar-refractivity contribution in [3.05, 3.63) is 65.0 Å². The average molecular weight is 359 g/mol. The SMILES string of the molecule is CCc1ccc2c(c1)CCC1NCCC21S(=O)(=O)c1ccc(F)cc1. The summed E-state index contributed by atoms with van der Waals surface area (Å²) in [6.45, 7) is 2.79. The van der Waals surface area contributed by atoms with Crippen LogP contribution >= 0.6 is 0 Å². The van der Waals surface area contributed by atoms with E-state index in [1.807, 2.05) is 12.1 Å². The minimum absolute atomic E-state index is 0.0949. The molecule has 1 aliphatic heterocycles. The molecule has 4 rings (SSSR count). The van der Waals surface area contributed by atoms with Crippen molar-refractivity contribution in [2.45, 2.75) is 48.3 Å². The van der Waals surface area contributed by atoms with Gasteiger partial charge in [0.25, 0.3) is 0 Å². The fourth-order valence-electron chi connectivity index (χ4n) is 4.51. The molecule has 0 bridgehead atoms. The molecule has 1 N–H and O–H groups in total. The molecule has 2 atom stereocenters. The van der Waals surface area contributed by atoms with Crippen molar-refractivity contribution in [2.24, 2.45) is 0 Å². The second-order valence-corrected chi connectivity index (χ2v) is 9.19. The number of aryl methyl sites for hydroxylation is 2. The van der Waals surface area contributed by atoms with Gasteiger partial charge in [-0.3, -0.25) is 0 Å². The van der Waals surface area contributed by atoms with Crippen LogP contribution in [0.25, 0.3) is 0 Å². The lowest BCUT2D eigenvalue weighted by atomic mass is 9.78. The standard InChI is InChI=1S/C20H22FNO2S/c1-2-14-3-9-18-15(13-14)4-10-19-20(18,11-12-22-19)25(23,24)17-7-5-16(21)6-8-17/h3,5-9,13,19,22H,2,4,10-12H2,1H3. The van der Waals surface area contributed by atoms with Crippen molar-refractivity contribution in [1.29, 1.82) is 0 Å². The van der Waals surface area contributed by atoms with E-state index in [0.29, 0.717) is 13.0 Å². The van der Waals surface area contributed by atoms with Gasteiger partial charge in [-0.25, -0.2) is 12.8 Å². The molecule has 2 aromatic carbocycles. The van der Waals surface area contributed by atoms with Crippen LogP contribution in [-0.4, -0.2) is 21.0 Å². The van der Waals surface area contributed by atoms with E-state index in [-0.39, 0.29) is 10.9 Å². The van der Waals surface area contributed by atoms with Crippen LogP contribution in [0.15, 0.2) is 47.4 Å². The van der Waals surface area contributed by atoms with Gasteiger partial charge in [0.05, 0.1) is 4.90 Å². The number of nitrogens with one attached hydrogen (secondary N) is 1. The number of benzene rings is 2. The van der Waals surface area contributed by atoms with Crippen molar-refractivity contribution in [1.82, 2.24) is 5.32 Å². The Balaban J connectivity index is 1.93. The first-order valence-corrected chi connectivity index (χ1v) is 10.3. The number of halogens is 1. The first-order valence-electron chi connectivity index (χ1n) is 8.85. The van der Waals surface area contributed by atoms with Gasteiger partial charge in [0.1, 0.15) is 10.6 Å². The number of hydrogen-bond donors (Lipinski definition) is 1. The maximum Gasteiger partial charge on any atom is 0.189 e. The monoisotopic (exact) mass is 359 g/mol. The molecule has 1 aliphatic carbocycles. The van der Waals surface area contributed by atoms with E-state index in [4.69, 9.17) is 0 Å². The van der Waals surface area contributed by atoms with E-state index in [0.717, 1.165) is 30.4 Å². The summed E-state index contributed by atoms with van der Waals surface area (Å²) in [5.41, 5.74) is 3.30. The molecule has 1 heterocycles. The van der Waals surface area contributed by atoms with Crippen molar-refractivity contribution in [3.8, 4) is 0 Å². The minimum atomic E-state index is -3.64. The van der Waals surface area contributed by atoms with E-state index in [1.54, 1.807) is 0 Å². The summed E-state index contributed by atoms with van der Waals surface area (Å²) in [6, 6.07) is 11.4. The van der Waals surface area contributed by atoms with Crippen LogP contribution in [-0.2, 0) is 27.4 Å². The Bertz CT molecular complexity index is 908. The predicted octanol–water partition coefficient (Wildman–Crippen LogP) is 3.37. The summed E-state index contributed by atoms with van der Waals surface area (Å²) in [7, 11) is -3.64. The van der Waals surface area contributed by atoms with Gasteiger partial charge in [0, 0.05) is 6.04 Å². The van der Waals surface area contributed by atoms with Crippen molar-refractivity contribution < 1.29 is 12.8 Å². The Kier molecular flexibility index (Phi) is 3.96. The number of fused-ring (bicyclic) bond motifs is 3. The van der Waals surface area contributed by atoms with Crippen LogP contribution in [0.1, 0.15) is 36.5 Å². The zero-order valence-corrected chi connectivity index (χ0v) is 15.1. The normalized spacial score (nSPS) is 25.4. The predicted molar refractivity (Wildman–Crippen MR) is 95.8 cm³/mol. The fourth-order valence-corrected chi connectivity index (χ4v) is 6.86. The summed E-state index contributed by atoms with van der Waals surface area (Å²) in [4.78, 5) is 0.204. The Morgan fingerprint density at radius 2 is 1.96 bits per heavy atom. The second kappa shape index (κ2) is 5.92. The van der Waals surface area contributed by atoms with Gasteiger partial charge in [0.15, 0.2) is 9.84 Å². The molecule has 5 heteroatoms. The molecule has 0 aromatic heterocycles. The Morgan fingerprint density at radius 3 is 2.68 bits per heavy atom. The molecule has 25 heavy (non-hydrogen) atoms. The Hall–Kier alpha value is -1.72. The van der Waals surface area contributed by atoms with E-state index < -0.39 is 20.4 Å². The molecule has 1 saturated heterocycles. The van der Waals surface area contributed by atoms with Gasteiger partial charge in [-0.15, -0.1) is 0 Å². The smallest absolute Gasteiger partial charge is 0.189 e. The number of hydrogen-bond acceptors (Lipinski definition) is 3. The maximum absolute atomic E-state index is 13.7. The zero-order chi connectivity index (χ0) is 17.7. The molecule has 0 radical (unpaired) electrons. The third-order valence-electron chi connectivity index (χ3n) is 5.79. The first kappa shape index (κ1) is 16.7. The second-order valence-electron chi connectivity index (χ2n) is 6.99. The topological polar surface area (TPSA) is 46.2 Å². The molecule has 0 spiro atoms. The summed E-state index contributed by atoms with van der Waals surface area (Å²) in [6.07, 6.45) is 3.19. The lowest BCUT2D eigenvalue weighted by Crippen LogP contribution is -2.49. The van der Waals surface area contributed by atoms with Gasteiger partial charge in [-0.05, 0) is 73.2 Å². The number of rotatable bonds is 3. The van der Waals surface area contributed by atoms with E-state index in [2.05, 4.69) is 18.3 Å². The molecule has 0 saturated carbocycles. The van der Waals surface area contributed by atoms with Gasteiger partial charge in [0.2, 0.25) is 0 Å². The molecular formula is C20H22FNO2S. The molecular weight excluding hydrogens is 337 g/mol. The van der Waals surface area contributed by atoms with Crippen molar-refractivity contribution in [2.75, 3.05) is 6.54 Å². The molecule has 0 amide bonds. The molecule has 1 fully saturated rings. The molecule has 2 aliphatic rings. The summed E-state index contributed by atoms with van der Waals surface area (Å²) in [5, 5.41) is 3.40. The highest BCUT2D eigenvalue weighted by atomic mass is 32.2. The highest BCUT2D eigenvalue weighted by Gasteiger charge is 2.56. The molecule has 3 nitrogen and oxygen atoms in total. The van der Waals surface area contributed by atoms with Crippen LogP contribution in [0.2, 0.25) is 0 Å². The Morgan fingerprint density at radius 1 is 1.20 bits per heavy atom. The largest absolute Gasteiger partial charge is 0.312 e. The molecule has 2 aromatic rings. The number of sulfone groups is 1. The maximum atomic E-state index is 13.7. The van der Waals surface area contributed by atoms with Gasteiger partial charge in [-0.2, -0.15) is 0 Å². The van der Waals surface area contributed by atoms with E-state index in [9.17, 15) is 12.8 Å². The average Bonchev–Trinajstić information content (AvgIpc) is 3.07. The fraction of sp³-hybridized carbons (Fsp3) is 0.400. The summed E-state index contributed by atoms with van der Waals surface area (Å²) < 4.78 is 39.7. The summed E-state index contributed by atoms with van der Waals surface area (Å²) >= 11 is 0. The van der Waals surface area contributed by atoms with E-state index >= 15 is 0 Å². The van der Waals surface area contributed by atoms with Crippen molar-refractivity contribution >= 4 is 9.84 Å².